The Kier molecular flexibility index (Phi) is 11.6. The lowest BCUT2D eigenvalue weighted by Gasteiger charge is -2.13. The molecule has 2 aromatic rings. The average Bonchev–Trinajstić information content (AvgIpc) is 2.91. The smallest absolute Gasteiger partial charge is 0.251 e. The van der Waals surface area contributed by atoms with E-state index in [9.17, 15) is 14.4 Å². The van der Waals surface area contributed by atoms with Crippen LogP contribution < -0.4 is 16.0 Å². The number of hydrogen-bond acceptors (Lipinski definition) is 3. The molecule has 0 aromatic heterocycles. The first-order valence-electron chi connectivity index (χ1n) is 12.0. The van der Waals surface area contributed by atoms with E-state index in [4.69, 9.17) is 0 Å². The minimum atomic E-state index is -0.169. The second-order valence-corrected chi connectivity index (χ2v) is 8.06. The van der Waals surface area contributed by atoms with E-state index in [1.54, 1.807) is 36.4 Å². The summed E-state index contributed by atoms with van der Waals surface area (Å²) >= 11 is 0. The molecule has 36 heavy (non-hydrogen) atoms. The first-order valence-corrected chi connectivity index (χ1v) is 12.0. The second kappa shape index (κ2) is 14.9. The third-order valence-electron chi connectivity index (χ3n) is 5.35. The molecule has 0 atom stereocenters. The SMILES string of the molecule is C/C=C\C(=C/C)C(=O)NCc1cc(CNC(=O)C(/C=C\C)=C/C)cc(CNC(=O)c2ccccc2)c1. The van der Waals surface area contributed by atoms with Crippen LogP contribution in [0.3, 0.4) is 0 Å². The maximum atomic E-state index is 12.5. The molecule has 0 fully saturated rings. The van der Waals surface area contributed by atoms with E-state index in [2.05, 4.69) is 16.0 Å². The second-order valence-electron chi connectivity index (χ2n) is 8.06. The van der Waals surface area contributed by atoms with Crippen LogP contribution in [0.2, 0.25) is 0 Å². The van der Waals surface area contributed by atoms with Gasteiger partial charge in [-0.3, -0.25) is 14.4 Å². The van der Waals surface area contributed by atoms with E-state index in [-0.39, 0.29) is 17.7 Å². The maximum absolute atomic E-state index is 12.5. The van der Waals surface area contributed by atoms with Crippen LogP contribution in [0.1, 0.15) is 54.7 Å². The predicted octanol–water partition coefficient (Wildman–Crippen LogP) is 4.89. The fourth-order valence-corrected chi connectivity index (χ4v) is 3.55. The lowest BCUT2D eigenvalue weighted by atomic mass is 10.0. The lowest BCUT2D eigenvalue weighted by molar-refractivity contribution is -0.118. The minimum absolute atomic E-state index is 0.169. The fraction of sp³-hybridized carbons (Fsp3) is 0.233. The Morgan fingerprint density at radius 2 is 1.06 bits per heavy atom. The highest BCUT2D eigenvalue weighted by atomic mass is 16.2. The molecule has 0 radical (unpaired) electrons. The van der Waals surface area contributed by atoms with Crippen molar-refractivity contribution in [1.82, 2.24) is 16.0 Å². The number of carbonyl (C=O) groups excluding carboxylic acids is 3. The van der Waals surface area contributed by atoms with E-state index >= 15 is 0 Å². The third kappa shape index (κ3) is 8.87. The lowest BCUT2D eigenvalue weighted by Crippen LogP contribution is -2.26. The molecule has 0 saturated carbocycles. The van der Waals surface area contributed by atoms with E-state index in [1.807, 2.05) is 76.2 Å². The fourth-order valence-electron chi connectivity index (χ4n) is 3.55. The molecule has 188 valence electrons. The number of allylic oxidation sites excluding steroid dienone is 4. The monoisotopic (exact) mass is 485 g/mol. The van der Waals surface area contributed by atoms with Crippen LogP contribution in [0, 0.1) is 0 Å². The molecule has 0 heterocycles. The van der Waals surface area contributed by atoms with Crippen molar-refractivity contribution in [2.24, 2.45) is 0 Å². The summed E-state index contributed by atoms with van der Waals surface area (Å²) in [4.78, 5) is 37.5. The summed E-state index contributed by atoms with van der Waals surface area (Å²) in [7, 11) is 0. The van der Waals surface area contributed by atoms with Crippen molar-refractivity contribution in [3.05, 3.63) is 118 Å². The molecule has 0 saturated heterocycles. The summed E-state index contributed by atoms with van der Waals surface area (Å²) in [5, 5.41) is 8.81. The van der Waals surface area contributed by atoms with Gasteiger partial charge in [0, 0.05) is 36.3 Å². The zero-order valence-corrected chi connectivity index (χ0v) is 21.4. The van der Waals surface area contributed by atoms with E-state index in [1.165, 1.54) is 0 Å². The molecule has 2 rings (SSSR count). The third-order valence-corrected chi connectivity index (χ3v) is 5.35. The van der Waals surface area contributed by atoms with Crippen molar-refractivity contribution in [3.63, 3.8) is 0 Å². The Hall–Kier alpha value is -4.19. The van der Waals surface area contributed by atoms with Gasteiger partial charge in [0.05, 0.1) is 0 Å². The zero-order chi connectivity index (χ0) is 26.3. The van der Waals surface area contributed by atoms with Crippen molar-refractivity contribution in [1.29, 1.82) is 0 Å². The largest absolute Gasteiger partial charge is 0.348 e. The van der Waals surface area contributed by atoms with Gasteiger partial charge in [-0.25, -0.2) is 0 Å². The number of carbonyl (C=O) groups is 3. The molecule has 6 heteroatoms. The molecule has 2 aromatic carbocycles. The predicted molar refractivity (Wildman–Crippen MR) is 145 cm³/mol. The molecule has 0 aliphatic rings. The standard InChI is InChI=1S/C30H35N3O3/c1-5-12-25(7-3)28(34)31-19-22-16-23(20-32-29(35)26(8-4)13-6-2)18-24(17-22)21-33-30(36)27-14-10-9-11-15-27/h5-18H,19-21H2,1-4H3,(H,31,34)(H,32,35)(H,33,36)/b12-5-,13-6-,25-7+,26-8+. The van der Waals surface area contributed by atoms with Gasteiger partial charge in [-0.05, 0) is 56.5 Å². The molecular weight excluding hydrogens is 450 g/mol. The van der Waals surface area contributed by atoms with Gasteiger partial charge < -0.3 is 16.0 Å². The van der Waals surface area contributed by atoms with Gasteiger partial charge >= 0.3 is 0 Å². The molecule has 0 aliphatic carbocycles. The maximum Gasteiger partial charge on any atom is 0.251 e. The molecule has 3 amide bonds. The van der Waals surface area contributed by atoms with Gasteiger partial charge in [0.25, 0.3) is 17.7 Å². The summed E-state index contributed by atoms with van der Waals surface area (Å²) in [5.74, 6) is -0.507. The highest BCUT2D eigenvalue weighted by Gasteiger charge is 2.10. The van der Waals surface area contributed by atoms with Crippen LogP contribution in [0.25, 0.3) is 0 Å². The van der Waals surface area contributed by atoms with Crippen molar-refractivity contribution in [2.75, 3.05) is 0 Å². The Morgan fingerprint density at radius 1 is 0.639 bits per heavy atom. The molecule has 0 spiro atoms. The topological polar surface area (TPSA) is 87.3 Å². The van der Waals surface area contributed by atoms with Crippen LogP contribution in [0.15, 0.2) is 96.1 Å². The van der Waals surface area contributed by atoms with Gasteiger partial charge in [0.1, 0.15) is 0 Å². The zero-order valence-electron chi connectivity index (χ0n) is 21.4. The van der Waals surface area contributed by atoms with Crippen LogP contribution in [-0.4, -0.2) is 17.7 Å². The van der Waals surface area contributed by atoms with Gasteiger partial charge in [-0.1, -0.05) is 72.9 Å². The number of benzene rings is 2. The van der Waals surface area contributed by atoms with Crippen LogP contribution in [0.4, 0.5) is 0 Å². The Labute approximate surface area is 213 Å². The van der Waals surface area contributed by atoms with Gasteiger partial charge in [0.15, 0.2) is 0 Å². The molecule has 6 nitrogen and oxygen atoms in total. The Morgan fingerprint density at radius 3 is 1.44 bits per heavy atom. The summed E-state index contributed by atoms with van der Waals surface area (Å²) < 4.78 is 0. The van der Waals surface area contributed by atoms with E-state index in [0.29, 0.717) is 36.3 Å². The van der Waals surface area contributed by atoms with Crippen LogP contribution in [-0.2, 0) is 29.2 Å². The number of rotatable bonds is 11. The van der Waals surface area contributed by atoms with Crippen LogP contribution >= 0.6 is 0 Å². The van der Waals surface area contributed by atoms with E-state index < -0.39 is 0 Å². The molecular formula is C30H35N3O3. The number of amides is 3. The number of nitrogens with one attached hydrogen (secondary N) is 3. The highest BCUT2D eigenvalue weighted by Crippen LogP contribution is 2.13. The Balaban J connectivity index is 2.20. The summed E-state index contributed by atoms with van der Waals surface area (Å²) in [5.41, 5.74) is 4.36. The highest BCUT2D eigenvalue weighted by molar-refractivity contribution is 5.96. The molecule has 0 bridgehead atoms. The minimum Gasteiger partial charge on any atom is -0.348 e. The molecule has 0 unspecified atom stereocenters. The Bertz CT molecular complexity index is 1110. The molecule has 3 N–H and O–H groups in total. The first kappa shape index (κ1) is 28.1. The average molecular weight is 486 g/mol. The van der Waals surface area contributed by atoms with Crippen molar-refractivity contribution in [3.8, 4) is 0 Å². The summed E-state index contributed by atoms with van der Waals surface area (Å²) in [6, 6.07) is 14.8. The van der Waals surface area contributed by atoms with Crippen molar-refractivity contribution in [2.45, 2.75) is 47.3 Å². The normalized spacial score (nSPS) is 12.1. The first-order chi connectivity index (χ1) is 17.4. The van der Waals surface area contributed by atoms with Crippen molar-refractivity contribution < 1.29 is 14.4 Å². The number of hydrogen-bond donors (Lipinski definition) is 3. The van der Waals surface area contributed by atoms with Gasteiger partial charge in [-0.2, -0.15) is 0 Å². The van der Waals surface area contributed by atoms with Gasteiger partial charge in [-0.15, -0.1) is 0 Å². The van der Waals surface area contributed by atoms with Crippen LogP contribution in [0.5, 0.6) is 0 Å². The summed E-state index contributed by atoms with van der Waals surface area (Å²) in [6.45, 7) is 8.30. The summed E-state index contributed by atoms with van der Waals surface area (Å²) in [6.07, 6.45) is 10.7. The quantitative estimate of drug-likeness (QED) is 0.313. The van der Waals surface area contributed by atoms with Crippen molar-refractivity contribution >= 4 is 17.7 Å². The van der Waals surface area contributed by atoms with Gasteiger partial charge in [0.2, 0.25) is 0 Å². The molecule has 0 aliphatic heterocycles. The van der Waals surface area contributed by atoms with E-state index in [0.717, 1.165) is 16.7 Å².